The Kier molecular flexibility index (Phi) is 5.68. The van der Waals surface area contributed by atoms with Crippen LogP contribution in [0.4, 0.5) is 0 Å². The van der Waals surface area contributed by atoms with E-state index in [4.69, 9.17) is 4.74 Å². The minimum Gasteiger partial charge on any atom is -0.380 e. The number of H-pyrrole nitrogens is 1. The molecule has 2 fully saturated rings. The van der Waals surface area contributed by atoms with Crippen LogP contribution in [0.15, 0.2) is 23.1 Å². The van der Waals surface area contributed by atoms with Crippen molar-refractivity contribution in [2.75, 3.05) is 33.3 Å². The Labute approximate surface area is 142 Å². The summed E-state index contributed by atoms with van der Waals surface area (Å²) < 4.78 is 5.51. The van der Waals surface area contributed by atoms with Gasteiger partial charge in [-0.1, -0.05) is 6.07 Å². The molecule has 1 amide bonds. The van der Waals surface area contributed by atoms with Crippen LogP contribution in [0.25, 0.3) is 0 Å². The van der Waals surface area contributed by atoms with Gasteiger partial charge in [0.05, 0.1) is 6.10 Å². The Bertz CT molecular complexity index is 589. The van der Waals surface area contributed by atoms with Gasteiger partial charge in [0.2, 0.25) is 11.5 Å². The molecule has 1 aromatic heterocycles. The van der Waals surface area contributed by atoms with Crippen LogP contribution in [0.2, 0.25) is 0 Å². The van der Waals surface area contributed by atoms with Crippen molar-refractivity contribution in [1.29, 1.82) is 0 Å². The molecular weight excluding hydrogens is 306 g/mol. The van der Waals surface area contributed by atoms with Crippen molar-refractivity contribution in [3.63, 3.8) is 0 Å². The van der Waals surface area contributed by atoms with Crippen LogP contribution in [-0.2, 0) is 16.0 Å². The number of nitrogens with one attached hydrogen (secondary N) is 1. The minimum atomic E-state index is -0.113. The maximum atomic E-state index is 12.7. The standard InChI is InChI=1S/C18H27N3O3/c1-24-16-10-15(12-20-8-2-3-9-20)21(13-16)18(23)7-5-14-4-6-17(22)19-11-14/h4,6,11,15-16H,2-3,5,7-10,12-13H2,1H3,(H,19,22)/t15-,16-/m0/s1. The van der Waals surface area contributed by atoms with Gasteiger partial charge in [-0.3, -0.25) is 9.59 Å². The predicted octanol–water partition coefficient (Wildman–Crippen LogP) is 1.02. The van der Waals surface area contributed by atoms with Gasteiger partial charge in [-0.15, -0.1) is 0 Å². The lowest BCUT2D eigenvalue weighted by Gasteiger charge is -2.28. The first-order chi connectivity index (χ1) is 11.7. The molecule has 0 saturated carbocycles. The van der Waals surface area contributed by atoms with E-state index in [1.54, 1.807) is 19.4 Å². The monoisotopic (exact) mass is 333 g/mol. The summed E-state index contributed by atoms with van der Waals surface area (Å²) in [4.78, 5) is 30.9. The number of hydrogen-bond donors (Lipinski definition) is 1. The first-order valence-corrected chi connectivity index (χ1v) is 8.88. The van der Waals surface area contributed by atoms with Gasteiger partial charge in [-0.2, -0.15) is 0 Å². The lowest BCUT2D eigenvalue weighted by molar-refractivity contribution is -0.132. The Morgan fingerprint density at radius 3 is 2.79 bits per heavy atom. The molecule has 0 radical (unpaired) electrons. The average molecular weight is 333 g/mol. The molecule has 24 heavy (non-hydrogen) atoms. The third-order valence-corrected chi connectivity index (χ3v) is 5.17. The zero-order chi connectivity index (χ0) is 16.9. The van der Waals surface area contributed by atoms with Gasteiger partial charge >= 0.3 is 0 Å². The number of hydrogen-bond acceptors (Lipinski definition) is 4. The molecule has 132 valence electrons. The first kappa shape index (κ1) is 17.2. The number of aryl methyl sites for hydroxylation is 1. The van der Waals surface area contributed by atoms with E-state index < -0.39 is 0 Å². The van der Waals surface area contributed by atoms with Crippen molar-refractivity contribution in [3.05, 3.63) is 34.2 Å². The van der Waals surface area contributed by atoms with Crippen LogP contribution in [0.5, 0.6) is 0 Å². The SMILES string of the molecule is CO[C@H]1C[C@@H](CN2CCCC2)N(C(=O)CCc2ccc(=O)[nH]c2)C1. The molecule has 0 spiro atoms. The fraction of sp³-hybridized carbons (Fsp3) is 0.667. The predicted molar refractivity (Wildman–Crippen MR) is 92.0 cm³/mol. The molecule has 1 aromatic rings. The van der Waals surface area contributed by atoms with Crippen molar-refractivity contribution < 1.29 is 9.53 Å². The quantitative estimate of drug-likeness (QED) is 0.844. The van der Waals surface area contributed by atoms with Crippen molar-refractivity contribution in [2.45, 2.75) is 44.2 Å². The van der Waals surface area contributed by atoms with Gasteiger partial charge < -0.3 is 19.5 Å². The molecule has 0 unspecified atom stereocenters. The Morgan fingerprint density at radius 2 is 2.12 bits per heavy atom. The van der Waals surface area contributed by atoms with E-state index in [1.165, 1.54) is 18.9 Å². The Hall–Kier alpha value is -1.66. The fourth-order valence-electron chi connectivity index (χ4n) is 3.78. The molecule has 2 atom stereocenters. The van der Waals surface area contributed by atoms with E-state index >= 15 is 0 Å². The topological polar surface area (TPSA) is 65.6 Å². The molecule has 1 N–H and O–H groups in total. The highest BCUT2D eigenvalue weighted by Gasteiger charge is 2.36. The van der Waals surface area contributed by atoms with E-state index in [2.05, 4.69) is 9.88 Å². The molecule has 3 rings (SSSR count). The highest BCUT2D eigenvalue weighted by Crippen LogP contribution is 2.23. The van der Waals surface area contributed by atoms with E-state index in [0.717, 1.165) is 31.6 Å². The van der Waals surface area contributed by atoms with Crippen LogP contribution >= 0.6 is 0 Å². The van der Waals surface area contributed by atoms with Crippen molar-refractivity contribution in [2.24, 2.45) is 0 Å². The van der Waals surface area contributed by atoms with Crippen LogP contribution in [0.3, 0.4) is 0 Å². The zero-order valence-electron chi connectivity index (χ0n) is 14.4. The van der Waals surface area contributed by atoms with Gasteiger partial charge in [0.1, 0.15) is 0 Å². The van der Waals surface area contributed by atoms with Crippen LogP contribution in [0, 0.1) is 0 Å². The van der Waals surface area contributed by atoms with E-state index in [9.17, 15) is 9.59 Å². The van der Waals surface area contributed by atoms with E-state index in [-0.39, 0.29) is 23.6 Å². The number of methoxy groups -OCH3 is 1. The molecule has 2 saturated heterocycles. The van der Waals surface area contributed by atoms with Crippen LogP contribution < -0.4 is 5.56 Å². The number of carbonyl (C=O) groups excluding carboxylic acids is 1. The number of nitrogens with zero attached hydrogens (tertiary/aromatic N) is 2. The second-order valence-electron chi connectivity index (χ2n) is 6.86. The van der Waals surface area contributed by atoms with Crippen molar-refractivity contribution in [1.82, 2.24) is 14.8 Å². The second kappa shape index (κ2) is 7.94. The number of carbonyl (C=O) groups is 1. The van der Waals surface area contributed by atoms with E-state index in [0.29, 0.717) is 19.4 Å². The molecular formula is C18H27N3O3. The molecule has 0 aromatic carbocycles. The Morgan fingerprint density at radius 1 is 1.33 bits per heavy atom. The fourth-order valence-corrected chi connectivity index (χ4v) is 3.78. The van der Waals surface area contributed by atoms with Gasteiger partial charge in [0.15, 0.2) is 0 Å². The highest BCUT2D eigenvalue weighted by molar-refractivity contribution is 5.77. The number of aromatic nitrogens is 1. The number of ether oxygens (including phenoxy) is 1. The molecule has 2 aliphatic heterocycles. The van der Waals surface area contributed by atoms with Crippen LogP contribution in [0.1, 0.15) is 31.2 Å². The number of amides is 1. The summed E-state index contributed by atoms with van der Waals surface area (Å²) in [5.41, 5.74) is 0.875. The third-order valence-electron chi connectivity index (χ3n) is 5.17. The minimum absolute atomic E-state index is 0.113. The maximum Gasteiger partial charge on any atom is 0.247 e. The summed E-state index contributed by atoms with van der Waals surface area (Å²) in [6.07, 6.45) is 6.42. The summed E-state index contributed by atoms with van der Waals surface area (Å²) in [6.45, 7) is 3.95. The average Bonchev–Trinajstić information content (AvgIpc) is 3.24. The molecule has 6 heteroatoms. The Balaban J connectivity index is 1.57. The molecule has 2 aliphatic rings. The maximum absolute atomic E-state index is 12.7. The molecule has 3 heterocycles. The van der Waals surface area contributed by atoms with Gasteiger partial charge in [-0.05, 0) is 44.3 Å². The second-order valence-corrected chi connectivity index (χ2v) is 6.86. The normalized spacial score (nSPS) is 24.6. The smallest absolute Gasteiger partial charge is 0.247 e. The summed E-state index contributed by atoms with van der Waals surface area (Å²) in [5, 5.41) is 0. The number of likely N-dealkylation sites (tertiary alicyclic amines) is 2. The lowest BCUT2D eigenvalue weighted by atomic mass is 10.1. The van der Waals surface area contributed by atoms with E-state index in [1.807, 2.05) is 4.90 Å². The number of pyridine rings is 1. The zero-order valence-corrected chi connectivity index (χ0v) is 14.4. The lowest BCUT2D eigenvalue weighted by Crippen LogP contribution is -2.42. The van der Waals surface area contributed by atoms with Crippen LogP contribution in [-0.4, -0.2) is 66.1 Å². The summed E-state index contributed by atoms with van der Waals surface area (Å²) in [5.74, 6) is 0.185. The third kappa shape index (κ3) is 4.24. The van der Waals surface area contributed by atoms with Gasteiger partial charge in [0.25, 0.3) is 0 Å². The molecule has 0 aliphatic carbocycles. The number of rotatable bonds is 6. The van der Waals surface area contributed by atoms with Gasteiger partial charge in [-0.25, -0.2) is 0 Å². The molecule has 0 bridgehead atoms. The summed E-state index contributed by atoms with van der Waals surface area (Å²) >= 11 is 0. The summed E-state index contributed by atoms with van der Waals surface area (Å²) in [6, 6.07) is 3.55. The first-order valence-electron chi connectivity index (χ1n) is 8.88. The summed E-state index contributed by atoms with van der Waals surface area (Å²) in [7, 11) is 1.73. The number of aromatic amines is 1. The van der Waals surface area contributed by atoms with Crippen molar-refractivity contribution >= 4 is 5.91 Å². The largest absolute Gasteiger partial charge is 0.380 e. The van der Waals surface area contributed by atoms with Gasteiger partial charge in [0, 0.05) is 44.9 Å². The van der Waals surface area contributed by atoms with Crippen molar-refractivity contribution in [3.8, 4) is 0 Å². The highest BCUT2D eigenvalue weighted by atomic mass is 16.5. The molecule has 6 nitrogen and oxygen atoms in total.